The van der Waals surface area contributed by atoms with E-state index >= 15 is 0 Å². The number of H-pyrrole nitrogens is 1. The Morgan fingerprint density at radius 2 is 1.67 bits per heavy atom. The highest BCUT2D eigenvalue weighted by atomic mass is 32.1. The normalized spacial score (nSPS) is 15.4. The second-order valence-corrected chi connectivity index (χ2v) is 7.73. The van der Waals surface area contributed by atoms with Gasteiger partial charge in [0.1, 0.15) is 23.0 Å². The Kier molecular flexibility index (Phi) is 5.15. The van der Waals surface area contributed by atoms with Gasteiger partial charge in [-0.25, -0.2) is 14.4 Å². The molecule has 1 aliphatic heterocycles. The molecule has 4 rings (SSSR count). The molecule has 0 fully saturated rings. The third-order valence-electron chi connectivity index (χ3n) is 4.89. The van der Waals surface area contributed by atoms with Crippen molar-refractivity contribution in [2.24, 2.45) is 4.99 Å². The highest BCUT2D eigenvalue weighted by molar-refractivity contribution is 7.12. The van der Waals surface area contributed by atoms with Crippen LogP contribution in [0.15, 0.2) is 56.4 Å². The summed E-state index contributed by atoms with van der Waals surface area (Å²) >= 11 is 0.823. The van der Waals surface area contributed by atoms with Gasteiger partial charge in [0, 0.05) is 0 Å². The highest BCUT2D eigenvalue weighted by Crippen LogP contribution is 2.55. The van der Waals surface area contributed by atoms with E-state index in [9.17, 15) is 35.9 Å². The maximum absolute atomic E-state index is 14.2. The Bertz CT molecular complexity index is 1320. The maximum atomic E-state index is 14.2. The number of aromatic nitrogens is 2. The van der Waals surface area contributed by atoms with Crippen molar-refractivity contribution in [3.63, 3.8) is 0 Å². The molecule has 33 heavy (non-hydrogen) atoms. The number of methoxy groups -OCH3 is 1. The molecule has 3 aromatic rings. The van der Waals surface area contributed by atoms with Gasteiger partial charge in [0.2, 0.25) is 0 Å². The number of amidine groups is 1. The summed E-state index contributed by atoms with van der Waals surface area (Å²) in [5.74, 6) is -1.47. The largest absolute Gasteiger partial charge is 0.497 e. The van der Waals surface area contributed by atoms with Crippen LogP contribution in [0.3, 0.4) is 0 Å². The van der Waals surface area contributed by atoms with Crippen molar-refractivity contribution in [2.75, 3.05) is 12.4 Å². The molecule has 2 aromatic heterocycles. The molecule has 0 saturated carbocycles. The Labute approximate surface area is 184 Å². The summed E-state index contributed by atoms with van der Waals surface area (Å²) in [5, 5.41) is 3.77. The van der Waals surface area contributed by atoms with Crippen molar-refractivity contribution in [1.29, 1.82) is 0 Å². The number of alkyl halides is 6. The standard InChI is InChI=1S/C19H12F6N4O3S/c1-32-10-6-4-9(5-7-10)29-14-12(15(30)27-16(29)31)17(18(20,21)22,19(23,24)25)28-13(26-14)11-3-2-8-33-11/h2-8H,1H3,(H,26,28)(H,27,30,31). The van der Waals surface area contributed by atoms with E-state index in [1.54, 1.807) is 4.98 Å². The van der Waals surface area contributed by atoms with E-state index < -0.39 is 46.4 Å². The van der Waals surface area contributed by atoms with Crippen molar-refractivity contribution in [3.8, 4) is 11.4 Å². The zero-order valence-corrected chi connectivity index (χ0v) is 17.2. The summed E-state index contributed by atoms with van der Waals surface area (Å²) in [6, 6.07) is 7.81. The van der Waals surface area contributed by atoms with Crippen LogP contribution in [-0.4, -0.2) is 34.8 Å². The minimum absolute atomic E-state index is 0.0625. The number of aliphatic imine (C=N–C) groups is 1. The van der Waals surface area contributed by atoms with Crippen LogP contribution >= 0.6 is 11.3 Å². The molecule has 1 aromatic carbocycles. The fraction of sp³-hybridized carbons (Fsp3) is 0.211. The van der Waals surface area contributed by atoms with E-state index in [1.165, 1.54) is 48.9 Å². The molecule has 0 saturated heterocycles. The first kappa shape index (κ1) is 22.6. The molecular formula is C19H12F6N4O3S. The number of fused-ring (bicyclic) bond motifs is 1. The first-order valence-corrected chi connectivity index (χ1v) is 9.87. The first-order chi connectivity index (χ1) is 15.4. The van der Waals surface area contributed by atoms with E-state index in [1.807, 2.05) is 0 Å². The van der Waals surface area contributed by atoms with Crippen molar-refractivity contribution in [2.45, 2.75) is 17.9 Å². The minimum Gasteiger partial charge on any atom is -0.497 e. The van der Waals surface area contributed by atoms with Gasteiger partial charge in [-0.1, -0.05) is 6.07 Å². The Balaban J connectivity index is 2.15. The van der Waals surface area contributed by atoms with Crippen LogP contribution in [0.5, 0.6) is 5.75 Å². The molecule has 0 spiro atoms. The molecule has 0 atom stereocenters. The van der Waals surface area contributed by atoms with Crippen LogP contribution in [0, 0.1) is 0 Å². The molecular weight excluding hydrogens is 478 g/mol. The smallest absolute Gasteiger partial charge is 0.427 e. The number of anilines is 1. The lowest BCUT2D eigenvalue weighted by atomic mass is 9.88. The molecule has 0 unspecified atom stereocenters. The molecule has 0 amide bonds. The summed E-state index contributed by atoms with van der Waals surface area (Å²) in [6.07, 6.45) is -12.1. The van der Waals surface area contributed by atoms with Crippen molar-refractivity contribution in [3.05, 3.63) is 73.1 Å². The number of hydrogen-bond acceptors (Lipinski definition) is 6. The van der Waals surface area contributed by atoms with Crippen LogP contribution in [0.25, 0.3) is 5.69 Å². The molecule has 14 heteroatoms. The van der Waals surface area contributed by atoms with Gasteiger partial charge >= 0.3 is 18.0 Å². The summed E-state index contributed by atoms with van der Waals surface area (Å²) in [4.78, 5) is 29.6. The van der Waals surface area contributed by atoms with E-state index in [4.69, 9.17) is 4.74 Å². The van der Waals surface area contributed by atoms with Crippen LogP contribution in [-0.2, 0) is 5.54 Å². The van der Waals surface area contributed by atoms with E-state index in [0.717, 1.165) is 11.3 Å². The average molecular weight is 490 g/mol. The summed E-state index contributed by atoms with van der Waals surface area (Å²) in [6.45, 7) is 0. The number of halogens is 6. The predicted octanol–water partition coefficient (Wildman–Crippen LogP) is 3.79. The SMILES string of the molecule is COc1ccc(-n2c3c(c(=O)[nH]c2=O)C(C(F)(F)F)(C(F)(F)F)N=C(c2cccs2)N3)cc1. The number of nitrogens with one attached hydrogen (secondary N) is 2. The third kappa shape index (κ3) is 3.41. The van der Waals surface area contributed by atoms with E-state index in [2.05, 4.69) is 10.3 Å². The summed E-state index contributed by atoms with van der Waals surface area (Å²) in [7, 11) is 1.34. The summed E-state index contributed by atoms with van der Waals surface area (Å²) in [5.41, 5.74) is -9.95. The minimum atomic E-state index is -6.07. The van der Waals surface area contributed by atoms with Gasteiger partial charge in [-0.05, 0) is 35.7 Å². The number of benzene rings is 1. The number of aromatic amines is 1. The maximum Gasteiger partial charge on any atom is 0.427 e. The quantitative estimate of drug-likeness (QED) is 0.547. The number of hydrogen-bond donors (Lipinski definition) is 2. The lowest BCUT2D eigenvalue weighted by Gasteiger charge is -2.38. The second-order valence-electron chi connectivity index (χ2n) is 6.78. The molecule has 1 aliphatic rings. The van der Waals surface area contributed by atoms with Crippen molar-refractivity contribution < 1.29 is 31.1 Å². The van der Waals surface area contributed by atoms with Crippen LogP contribution in [0.4, 0.5) is 32.2 Å². The van der Waals surface area contributed by atoms with Gasteiger partial charge in [-0.3, -0.25) is 9.78 Å². The van der Waals surface area contributed by atoms with Crippen molar-refractivity contribution in [1.82, 2.24) is 9.55 Å². The third-order valence-corrected chi connectivity index (χ3v) is 5.77. The van der Waals surface area contributed by atoms with E-state index in [-0.39, 0.29) is 10.6 Å². The summed E-state index contributed by atoms with van der Waals surface area (Å²) < 4.78 is 90.6. The van der Waals surface area contributed by atoms with Gasteiger partial charge in [-0.15, -0.1) is 11.3 Å². The van der Waals surface area contributed by atoms with Crippen LogP contribution in [0.2, 0.25) is 0 Å². The fourth-order valence-corrected chi connectivity index (χ4v) is 4.10. The Morgan fingerprint density at radius 1 is 1.03 bits per heavy atom. The molecule has 3 heterocycles. The second kappa shape index (κ2) is 7.50. The molecule has 2 N–H and O–H groups in total. The van der Waals surface area contributed by atoms with Crippen molar-refractivity contribution >= 4 is 23.0 Å². The predicted molar refractivity (Wildman–Crippen MR) is 107 cm³/mol. The van der Waals surface area contributed by atoms with Gasteiger partial charge in [0.15, 0.2) is 0 Å². The van der Waals surface area contributed by atoms with Gasteiger partial charge in [0.25, 0.3) is 11.1 Å². The van der Waals surface area contributed by atoms with Crippen LogP contribution in [0.1, 0.15) is 10.4 Å². The molecule has 0 radical (unpaired) electrons. The molecule has 7 nitrogen and oxygen atoms in total. The molecule has 0 aliphatic carbocycles. The Morgan fingerprint density at radius 3 is 2.18 bits per heavy atom. The topological polar surface area (TPSA) is 88.5 Å². The highest BCUT2D eigenvalue weighted by Gasteiger charge is 2.75. The number of ether oxygens (including phenoxy) is 1. The van der Waals surface area contributed by atoms with Crippen LogP contribution < -0.4 is 21.3 Å². The Hall–Kier alpha value is -3.55. The monoisotopic (exact) mass is 490 g/mol. The number of rotatable bonds is 3. The van der Waals surface area contributed by atoms with Gasteiger partial charge in [-0.2, -0.15) is 26.3 Å². The zero-order chi connectivity index (χ0) is 24.2. The zero-order valence-electron chi connectivity index (χ0n) is 16.3. The average Bonchev–Trinajstić information content (AvgIpc) is 3.26. The van der Waals surface area contributed by atoms with Gasteiger partial charge in [0.05, 0.1) is 17.7 Å². The molecule has 174 valence electrons. The van der Waals surface area contributed by atoms with Gasteiger partial charge < -0.3 is 10.1 Å². The fourth-order valence-electron chi connectivity index (χ4n) is 3.43. The lowest BCUT2D eigenvalue weighted by molar-refractivity contribution is -0.301. The van der Waals surface area contributed by atoms with E-state index in [0.29, 0.717) is 10.3 Å². The number of thiophene rings is 1. The first-order valence-electron chi connectivity index (χ1n) is 8.99. The lowest BCUT2D eigenvalue weighted by Crippen LogP contribution is -2.59. The molecule has 0 bridgehead atoms. The number of nitrogens with zero attached hydrogens (tertiary/aromatic N) is 2.